The van der Waals surface area contributed by atoms with E-state index in [0.29, 0.717) is 0 Å². The van der Waals surface area contributed by atoms with Crippen molar-refractivity contribution in [2.24, 2.45) is 0 Å². The van der Waals surface area contributed by atoms with E-state index < -0.39 is 0 Å². The van der Waals surface area contributed by atoms with Gasteiger partial charge in [0.25, 0.3) is 20.4 Å². The van der Waals surface area contributed by atoms with Crippen LogP contribution >= 0.6 is 0 Å². The summed E-state index contributed by atoms with van der Waals surface area (Å²) < 4.78 is 0. The molecule has 0 atom stereocenters. The van der Waals surface area contributed by atoms with Crippen LogP contribution in [0.1, 0.15) is 6.42 Å². The van der Waals surface area contributed by atoms with Crippen molar-refractivity contribution in [2.45, 2.75) is 6.42 Å². The normalized spacial score (nSPS) is 8.33. The summed E-state index contributed by atoms with van der Waals surface area (Å²) in [6, 6.07) is 0. The Hall–Kier alpha value is -0.991. The molecule has 1 rings (SSSR count). The molecule has 0 spiro atoms. The minimum Gasteiger partial charge on any atom is -0.281 e. The van der Waals surface area contributed by atoms with Crippen LogP contribution in [0.4, 0.5) is 0 Å². The van der Waals surface area contributed by atoms with Gasteiger partial charge in [-0.15, -0.1) is 6.42 Å². The molecule has 7 radical (unpaired) electrons. The van der Waals surface area contributed by atoms with E-state index in [4.69, 9.17) is 14.4 Å². The summed E-state index contributed by atoms with van der Waals surface area (Å²) in [4.78, 5) is 22.5. The van der Waals surface area contributed by atoms with E-state index >= 15 is 0 Å². The zero-order valence-electron chi connectivity index (χ0n) is 6.04. The number of allylic oxidation sites excluding steroid dienone is 4. The van der Waals surface area contributed by atoms with Crippen LogP contribution in [-0.4, -0.2) is 20.4 Å². The molecule has 3 nitrogen and oxygen atoms in total. The molecular weight excluding hydrogens is 199 g/mol. The zero-order valence-corrected chi connectivity index (χ0v) is 7.22. The first-order valence-corrected chi connectivity index (χ1v) is 2.33. The van der Waals surface area contributed by atoms with Crippen LogP contribution in [0, 0.1) is 6.08 Å². The molecule has 0 unspecified atom stereocenters. The Balaban J connectivity index is -0.0000000406. The largest absolute Gasteiger partial charge is 0.281 e. The topological polar surface area (TPSA) is 51.2 Å². The first-order chi connectivity index (χ1) is 5.50. The second-order valence-electron chi connectivity index (χ2n) is 1.00. The van der Waals surface area contributed by atoms with E-state index in [1.165, 1.54) is 0 Å². The second kappa shape index (κ2) is 50.5. The zero-order chi connectivity index (χ0) is 9.54. The molecule has 0 N–H and O–H groups in total. The Bertz CT molecular complexity index is 98.1. The number of carbonyl (C=O) groups excluding carboxylic acids is 3. The Labute approximate surface area is 83.0 Å². The van der Waals surface area contributed by atoms with Crippen molar-refractivity contribution in [3.8, 4) is 0 Å². The first-order valence-electron chi connectivity index (χ1n) is 2.33. The number of hydrogen-bond donors (Lipinski definition) is 0. The van der Waals surface area contributed by atoms with E-state index in [0.717, 1.165) is 6.42 Å². The van der Waals surface area contributed by atoms with Crippen molar-refractivity contribution in [1.82, 2.24) is 0 Å². The Morgan fingerprint density at radius 3 is 1.50 bits per heavy atom. The Kier molecular flexibility index (Phi) is 94.6. The minimum absolute atomic E-state index is 0. The third-order valence-corrected chi connectivity index (χ3v) is 0.586. The second-order valence-corrected chi connectivity index (χ2v) is 1.00. The summed E-state index contributed by atoms with van der Waals surface area (Å²) in [5, 5.41) is 0. The predicted molar refractivity (Wildman–Crippen MR) is 38.7 cm³/mol. The molecule has 0 aromatic carbocycles. The van der Waals surface area contributed by atoms with Crippen molar-refractivity contribution in [3.63, 3.8) is 0 Å². The van der Waals surface area contributed by atoms with Crippen molar-refractivity contribution in [1.29, 1.82) is 0 Å². The first kappa shape index (κ1) is 22.5. The average Bonchev–Trinajstić information content (AvgIpc) is 2.71. The van der Waals surface area contributed by atoms with E-state index in [9.17, 15) is 0 Å². The van der Waals surface area contributed by atoms with Gasteiger partial charge in [-0.3, -0.25) is 20.5 Å². The van der Waals surface area contributed by atoms with E-state index in [1.807, 2.05) is 12.2 Å². The SMILES string of the molecule is [C-]1=CC=CC1.[C]=O.[C]=O.[C]=O.[Mn]. The minimum atomic E-state index is 0. The Morgan fingerprint density at radius 2 is 1.42 bits per heavy atom. The van der Waals surface area contributed by atoms with Gasteiger partial charge in [-0.1, -0.05) is 0 Å². The molecule has 0 bridgehead atoms. The molecule has 0 saturated heterocycles. The van der Waals surface area contributed by atoms with Gasteiger partial charge in [-0.2, -0.15) is 6.08 Å². The molecule has 1 aliphatic carbocycles. The molecule has 0 saturated carbocycles. The fraction of sp³-hybridized carbons (Fsp3) is 0.125. The van der Waals surface area contributed by atoms with Gasteiger partial charge in [-0.05, 0) is 0 Å². The summed E-state index contributed by atoms with van der Waals surface area (Å²) in [5.41, 5.74) is 0. The summed E-state index contributed by atoms with van der Waals surface area (Å²) in [6.07, 6.45) is 10.0. The van der Waals surface area contributed by atoms with Crippen molar-refractivity contribution in [3.05, 3.63) is 24.3 Å². The fourth-order valence-electron chi connectivity index (χ4n) is 0.340. The van der Waals surface area contributed by atoms with Crippen LogP contribution in [0.3, 0.4) is 0 Å². The Morgan fingerprint density at radius 1 is 1.00 bits per heavy atom. The van der Waals surface area contributed by atoms with E-state index in [1.54, 1.807) is 0 Å². The van der Waals surface area contributed by atoms with Gasteiger partial charge < -0.3 is 0 Å². The fourth-order valence-corrected chi connectivity index (χ4v) is 0.340. The molecule has 0 aliphatic heterocycles. The third-order valence-electron chi connectivity index (χ3n) is 0.586. The maximum absolute atomic E-state index is 7.50. The summed E-state index contributed by atoms with van der Waals surface area (Å²) in [7, 11) is 0. The van der Waals surface area contributed by atoms with Gasteiger partial charge in [0.2, 0.25) is 0 Å². The van der Waals surface area contributed by atoms with Crippen molar-refractivity contribution < 1.29 is 31.5 Å². The number of hydrogen-bond acceptors (Lipinski definition) is 3. The molecular formula is C8H5MnO3-. The van der Waals surface area contributed by atoms with E-state index in [-0.39, 0.29) is 17.1 Å². The van der Waals surface area contributed by atoms with Gasteiger partial charge in [0, 0.05) is 17.1 Å². The monoisotopic (exact) mass is 204 g/mol. The van der Waals surface area contributed by atoms with Gasteiger partial charge in [-0.25, -0.2) is 12.2 Å². The average molecular weight is 204 g/mol. The maximum atomic E-state index is 7.50. The predicted octanol–water partition coefficient (Wildman–Crippen LogP) is 0.112. The number of rotatable bonds is 0. The summed E-state index contributed by atoms with van der Waals surface area (Å²) >= 11 is 0. The molecule has 12 heavy (non-hydrogen) atoms. The van der Waals surface area contributed by atoms with Crippen LogP contribution in [0.25, 0.3) is 0 Å². The smallest absolute Gasteiger partial charge is 0.281 e. The van der Waals surface area contributed by atoms with Gasteiger partial charge in [0.05, 0.1) is 0 Å². The van der Waals surface area contributed by atoms with Crippen LogP contribution in [-0.2, 0) is 31.5 Å². The van der Waals surface area contributed by atoms with Crippen LogP contribution in [0.2, 0.25) is 0 Å². The summed E-state index contributed by atoms with van der Waals surface area (Å²) in [5.74, 6) is 0. The molecule has 0 amide bonds. The molecule has 0 aromatic rings. The van der Waals surface area contributed by atoms with Crippen LogP contribution in [0.5, 0.6) is 0 Å². The van der Waals surface area contributed by atoms with Gasteiger partial charge in [0.1, 0.15) is 0 Å². The van der Waals surface area contributed by atoms with Crippen LogP contribution < -0.4 is 0 Å². The standard InChI is InChI=1S/C5H5.3CO.Mn/c1-2-4-5-3-1;3*1-2;/h1-3H,4H2;;;;/q-1;;;;. The third kappa shape index (κ3) is 36.0. The molecule has 1 aliphatic rings. The quantitative estimate of drug-likeness (QED) is 0.415. The van der Waals surface area contributed by atoms with Crippen LogP contribution in [0.15, 0.2) is 18.2 Å². The van der Waals surface area contributed by atoms with Gasteiger partial charge in [0.15, 0.2) is 0 Å². The van der Waals surface area contributed by atoms with E-state index in [2.05, 4.69) is 32.5 Å². The maximum Gasteiger partial charge on any atom is 0.281 e. The molecule has 4 heteroatoms. The molecule has 0 fully saturated rings. The van der Waals surface area contributed by atoms with Crippen molar-refractivity contribution >= 4 is 20.4 Å². The molecule has 63 valence electrons. The molecule has 0 heterocycles. The summed E-state index contributed by atoms with van der Waals surface area (Å²) in [6.45, 7) is 13.5. The van der Waals surface area contributed by atoms with Crippen molar-refractivity contribution in [2.75, 3.05) is 0 Å². The van der Waals surface area contributed by atoms with Gasteiger partial charge >= 0.3 is 0 Å². The molecule has 0 aromatic heterocycles.